The first-order valence-electron chi connectivity index (χ1n) is 6.90. The molecule has 0 spiro atoms. The van der Waals surface area contributed by atoms with Crippen LogP contribution in [-0.2, 0) is 6.42 Å². The molecule has 1 N–H and O–H groups in total. The molecule has 0 fully saturated rings. The van der Waals surface area contributed by atoms with Crippen LogP contribution in [0.25, 0.3) is 11.0 Å². The largest absolute Gasteiger partial charge is 0.319 e. The number of non-ortho nitro benzene ring substituents is 1. The second-order valence-corrected chi connectivity index (χ2v) is 5.51. The molecule has 7 nitrogen and oxygen atoms in total. The van der Waals surface area contributed by atoms with Crippen molar-refractivity contribution in [2.45, 2.75) is 6.42 Å². The van der Waals surface area contributed by atoms with Crippen molar-refractivity contribution in [3.63, 3.8) is 0 Å². The van der Waals surface area contributed by atoms with Gasteiger partial charge in [-0.05, 0) is 30.3 Å². The Morgan fingerprint density at radius 2 is 1.92 bits per heavy atom. The Kier molecular flexibility index (Phi) is 4.09. The van der Waals surface area contributed by atoms with Crippen LogP contribution in [0, 0.1) is 10.1 Å². The first kappa shape index (κ1) is 15.8. The first-order valence-corrected chi connectivity index (χ1v) is 7.28. The Balaban J connectivity index is 1.95. The average Bonchev–Trinajstić information content (AvgIpc) is 2.55. The minimum Gasteiger partial charge on any atom is -0.319 e. The molecule has 0 unspecified atom stereocenters. The van der Waals surface area contributed by atoms with E-state index >= 15 is 0 Å². The van der Waals surface area contributed by atoms with Gasteiger partial charge in [0.15, 0.2) is 5.78 Å². The molecule has 2 aromatic carbocycles. The lowest BCUT2D eigenvalue weighted by Crippen LogP contribution is -2.19. The van der Waals surface area contributed by atoms with E-state index in [1.165, 1.54) is 18.2 Å². The summed E-state index contributed by atoms with van der Waals surface area (Å²) in [5, 5.41) is 11.3. The molecule has 0 bridgehead atoms. The Labute approximate surface area is 140 Å². The van der Waals surface area contributed by atoms with E-state index in [9.17, 15) is 19.7 Å². The standard InChI is InChI=1S/C16H10ClN3O4/c17-10-3-1-9(2-4-10)15(21)8-14-16(22)19-13-7-11(20(23)24)5-6-12(13)18-14/h1-7H,8H2,(H,19,22). The minimum absolute atomic E-state index is 0.0521. The number of fused-ring (bicyclic) bond motifs is 1. The molecule has 1 heterocycles. The summed E-state index contributed by atoms with van der Waals surface area (Å²) in [6.07, 6.45) is -0.177. The summed E-state index contributed by atoms with van der Waals surface area (Å²) in [5.41, 5.74) is 0.395. The summed E-state index contributed by atoms with van der Waals surface area (Å²) in [7, 11) is 0. The van der Waals surface area contributed by atoms with Crippen molar-refractivity contribution in [2.75, 3.05) is 0 Å². The molecular weight excluding hydrogens is 334 g/mol. The van der Waals surface area contributed by atoms with E-state index in [0.717, 1.165) is 0 Å². The molecule has 0 radical (unpaired) electrons. The summed E-state index contributed by atoms with van der Waals surface area (Å²) < 4.78 is 0. The maximum Gasteiger partial charge on any atom is 0.271 e. The highest BCUT2D eigenvalue weighted by Crippen LogP contribution is 2.17. The van der Waals surface area contributed by atoms with Gasteiger partial charge in [-0.3, -0.25) is 19.7 Å². The third kappa shape index (κ3) is 3.16. The van der Waals surface area contributed by atoms with E-state index < -0.39 is 10.5 Å². The van der Waals surface area contributed by atoms with Crippen LogP contribution in [0.1, 0.15) is 16.1 Å². The van der Waals surface area contributed by atoms with Crippen LogP contribution in [-0.4, -0.2) is 20.7 Å². The van der Waals surface area contributed by atoms with Crippen LogP contribution < -0.4 is 5.56 Å². The SMILES string of the molecule is O=C(Cc1nc2ccc([N+](=O)[O-])cc2[nH]c1=O)c1ccc(Cl)cc1. The topological polar surface area (TPSA) is 106 Å². The van der Waals surface area contributed by atoms with Crippen LogP contribution in [0.2, 0.25) is 5.02 Å². The average molecular weight is 344 g/mol. The van der Waals surface area contributed by atoms with Crippen LogP contribution in [0.3, 0.4) is 0 Å². The van der Waals surface area contributed by atoms with E-state index in [4.69, 9.17) is 11.6 Å². The Hall–Kier alpha value is -3.06. The summed E-state index contributed by atoms with van der Waals surface area (Å²) in [6, 6.07) is 10.3. The molecule has 0 atom stereocenters. The smallest absolute Gasteiger partial charge is 0.271 e. The number of carbonyl (C=O) groups excluding carboxylic acids is 1. The number of aromatic amines is 1. The number of hydrogen-bond acceptors (Lipinski definition) is 5. The second kappa shape index (κ2) is 6.21. The predicted molar refractivity (Wildman–Crippen MR) is 88.5 cm³/mol. The number of H-pyrrole nitrogens is 1. The number of aromatic nitrogens is 2. The van der Waals surface area contributed by atoms with Crippen molar-refractivity contribution < 1.29 is 9.72 Å². The lowest BCUT2D eigenvalue weighted by atomic mass is 10.1. The number of rotatable bonds is 4. The number of nitrogens with zero attached hydrogens (tertiary/aromatic N) is 2. The van der Waals surface area contributed by atoms with Gasteiger partial charge in [-0.25, -0.2) is 4.98 Å². The minimum atomic E-state index is -0.560. The molecule has 0 saturated carbocycles. The molecule has 0 aliphatic carbocycles. The number of benzene rings is 2. The number of ketones is 1. The van der Waals surface area contributed by atoms with E-state index in [0.29, 0.717) is 16.1 Å². The Morgan fingerprint density at radius 1 is 1.21 bits per heavy atom. The molecular formula is C16H10ClN3O4. The normalized spacial score (nSPS) is 10.7. The quantitative estimate of drug-likeness (QED) is 0.445. The zero-order valence-electron chi connectivity index (χ0n) is 12.2. The fraction of sp³-hybridized carbons (Fsp3) is 0.0625. The van der Waals surface area contributed by atoms with Gasteiger partial charge < -0.3 is 4.98 Å². The highest BCUT2D eigenvalue weighted by atomic mass is 35.5. The monoisotopic (exact) mass is 343 g/mol. The Morgan fingerprint density at radius 3 is 2.58 bits per heavy atom. The van der Waals surface area contributed by atoms with Crippen molar-refractivity contribution in [3.8, 4) is 0 Å². The number of Topliss-reactive ketones (excluding diaryl/α,β-unsaturated/α-hetero) is 1. The van der Waals surface area contributed by atoms with Crippen LogP contribution in [0.4, 0.5) is 5.69 Å². The van der Waals surface area contributed by atoms with Crippen LogP contribution >= 0.6 is 11.6 Å². The van der Waals surface area contributed by atoms with Gasteiger partial charge >= 0.3 is 0 Å². The van der Waals surface area contributed by atoms with E-state index in [-0.39, 0.29) is 29.1 Å². The molecule has 8 heteroatoms. The molecule has 0 aliphatic heterocycles. The van der Waals surface area contributed by atoms with Crippen molar-refractivity contribution >= 4 is 34.1 Å². The lowest BCUT2D eigenvalue weighted by molar-refractivity contribution is -0.384. The third-order valence-electron chi connectivity index (χ3n) is 3.45. The van der Waals surface area contributed by atoms with Gasteiger partial charge in [-0.1, -0.05) is 11.6 Å². The number of hydrogen-bond donors (Lipinski definition) is 1. The molecule has 0 saturated heterocycles. The highest BCUT2D eigenvalue weighted by Gasteiger charge is 2.14. The highest BCUT2D eigenvalue weighted by molar-refractivity contribution is 6.30. The van der Waals surface area contributed by atoms with Gasteiger partial charge in [0.05, 0.1) is 22.4 Å². The van der Waals surface area contributed by atoms with Crippen molar-refractivity contribution in [1.82, 2.24) is 9.97 Å². The fourth-order valence-electron chi connectivity index (χ4n) is 2.24. The molecule has 0 amide bonds. The van der Waals surface area contributed by atoms with Crippen LogP contribution in [0.5, 0.6) is 0 Å². The summed E-state index contributed by atoms with van der Waals surface area (Å²) >= 11 is 5.78. The van der Waals surface area contributed by atoms with Crippen LogP contribution in [0.15, 0.2) is 47.3 Å². The molecule has 120 valence electrons. The lowest BCUT2D eigenvalue weighted by Gasteiger charge is -2.03. The van der Waals surface area contributed by atoms with Gasteiger partial charge in [-0.2, -0.15) is 0 Å². The summed E-state index contributed by atoms with van der Waals surface area (Å²) in [6.45, 7) is 0. The number of nitro groups is 1. The maximum atomic E-state index is 12.2. The number of halogens is 1. The molecule has 24 heavy (non-hydrogen) atoms. The molecule has 3 aromatic rings. The second-order valence-electron chi connectivity index (χ2n) is 5.08. The molecule has 3 rings (SSSR count). The van der Waals surface area contributed by atoms with E-state index in [1.54, 1.807) is 24.3 Å². The van der Waals surface area contributed by atoms with Crippen molar-refractivity contribution in [2.24, 2.45) is 0 Å². The van der Waals surface area contributed by atoms with Crippen molar-refractivity contribution in [3.05, 3.63) is 79.2 Å². The van der Waals surface area contributed by atoms with Gasteiger partial charge in [0.2, 0.25) is 0 Å². The molecule has 1 aromatic heterocycles. The third-order valence-corrected chi connectivity index (χ3v) is 3.70. The summed E-state index contributed by atoms with van der Waals surface area (Å²) in [5.74, 6) is -0.272. The zero-order chi connectivity index (χ0) is 17.3. The predicted octanol–water partition coefficient (Wildman–Crippen LogP) is 2.91. The van der Waals surface area contributed by atoms with Gasteiger partial charge in [-0.15, -0.1) is 0 Å². The maximum absolute atomic E-state index is 12.2. The van der Waals surface area contributed by atoms with E-state index in [1.807, 2.05) is 0 Å². The Bertz CT molecular complexity index is 1010. The van der Waals surface area contributed by atoms with Gasteiger partial charge in [0, 0.05) is 22.7 Å². The zero-order valence-corrected chi connectivity index (χ0v) is 12.9. The first-order chi connectivity index (χ1) is 11.4. The summed E-state index contributed by atoms with van der Waals surface area (Å²) in [4.78, 5) is 41.2. The van der Waals surface area contributed by atoms with Crippen molar-refractivity contribution in [1.29, 1.82) is 0 Å². The van der Waals surface area contributed by atoms with Gasteiger partial charge in [0.25, 0.3) is 11.2 Å². The van der Waals surface area contributed by atoms with Gasteiger partial charge in [0.1, 0.15) is 5.69 Å². The number of nitrogens with one attached hydrogen (secondary N) is 1. The number of nitro benzene ring substituents is 1. The van der Waals surface area contributed by atoms with E-state index in [2.05, 4.69) is 9.97 Å². The fourth-order valence-corrected chi connectivity index (χ4v) is 2.36. The number of carbonyl (C=O) groups is 1. The molecule has 0 aliphatic rings.